The lowest BCUT2D eigenvalue weighted by molar-refractivity contribution is -0.143. The lowest BCUT2D eigenvalue weighted by atomic mass is 10.1. The molecule has 0 radical (unpaired) electrons. The van der Waals surface area contributed by atoms with E-state index >= 15 is 0 Å². The van der Waals surface area contributed by atoms with E-state index in [-0.39, 0.29) is 5.57 Å². The lowest BCUT2D eigenvalue weighted by Crippen LogP contribution is -2.23. The minimum absolute atomic E-state index is 0.156. The maximum absolute atomic E-state index is 12.2. The van der Waals surface area contributed by atoms with Crippen molar-refractivity contribution in [2.24, 2.45) is 0 Å². The number of carbonyl (C=O) groups excluding carboxylic acids is 2. The number of carbonyl (C=O) groups is 2. The van der Waals surface area contributed by atoms with Crippen LogP contribution in [-0.2, 0) is 32.2 Å². The second kappa shape index (κ2) is 10.8. The minimum atomic E-state index is -0.737. The van der Waals surface area contributed by atoms with Crippen molar-refractivity contribution in [2.75, 3.05) is 19.1 Å². The van der Waals surface area contributed by atoms with Crippen molar-refractivity contribution in [3.8, 4) is 0 Å². The van der Waals surface area contributed by atoms with Gasteiger partial charge in [-0.05, 0) is 28.8 Å². The molecule has 0 fully saturated rings. The summed E-state index contributed by atoms with van der Waals surface area (Å²) in [5, 5.41) is 0. The van der Waals surface area contributed by atoms with Crippen LogP contribution in [0.4, 0.5) is 5.69 Å². The topological polar surface area (TPSA) is 55.8 Å². The van der Waals surface area contributed by atoms with Crippen molar-refractivity contribution in [2.45, 2.75) is 13.1 Å². The Morgan fingerprint density at radius 1 is 0.710 bits per heavy atom. The third-order valence-electron chi connectivity index (χ3n) is 4.82. The number of para-hydroxylation sites is 1. The van der Waals surface area contributed by atoms with Crippen LogP contribution in [0.3, 0.4) is 0 Å². The minimum Gasteiger partial charge on any atom is -0.465 e. The van der Waals surface area contributed by atoms with Crippen LogP contribution >= 0.6 is 0 Å². The molecular weight excluding hydrogens is 390 g/mol. The molecule has 3 aromatic carbocycles. The normalized spacial score (nSPS) is 10.1. The van der Waals surface area contributed by atoms with Crippen LogP contribution in [0.2, 0.25) is 0 Å². The van der Waals surface area contributed by atoms with Crippen LogP contribution in [0.25, 0.3) is 6.08 Å². The van der Waals surface area contributed by atoms with Gasteiger partial charge in [0.2, 0.25) is 0 Å². The molecule has 0 atom stereocenters. The molecule has 0 spiro atoms. The van der Waals surface area contributed by atoms with Crippen LogP contribution < -0.4 is 4.90 Å². The predicted molar refractivity (Wildman–Crippen MR) is 121 cm³/mol. The number of rotatable bonds is 8. The van der Waals surface area contributed by atoms with Gasteiger partial charge in [-0.25, -0.2) is 9.59 Å². The Morgan fingerprint density at radius 3 is 1.65 bits per heavy atom. The number of esters is 2. The van der Waals surface area contributed by atoms with Gasteiger partial charge in [-0.2, -0.15) is 0 Å². The highest BCUT2D eigenvalue weighted by atomic mass is 16.5. The highest BCUT2D eigenvalue weighted by Gasteiger charge is 2.21. The molecule has 0 saturated carbocycles. The zero-order valence-corrected chi connectivity index (χ0v) is 17.7. The van der Waals surface area contributed by atoms with Crippen LogP contribution in [0.5, 0.6) is 0 Å². The van der Waals surface area contributed by atoms with E-state index in [0.717, 1.165) is 22.4 Å². The summed E-state index contributed by atoms with van der Waals surface area (Å²) in [6.07, 6.45) is 1.52. The van der Waals surface area contributed by atoms with Crippen molar-refractivity contribution in [3.05, 3.63) is 107 Å². The van der Waals surface area contributed by atoms with Crippen molar-refractivity contribution in [3.63, 3.8) is 0 Å². The largest absolute Gasteiger partial charge is 0.465 e. The molecule has 3 aromatic rings. The zero-order valence-electron chi connectivity index (χ0n) is 17.7. The highest BCUT2D eigenvalue weighted by Crippen LogP contribution is 2.27. The number of nitrogens with zero attached hydrogens (tertiary/aromatic N) is 1. The molecule has 0 unspecified atom stereocenters. The second-order valence-corrected chi connectivity index (χ2v) is 6.93. The first kappa shape index (κ1) is 21.8. The number of hydrogen-bond acceptors (Lipinski definition) is 5. The van der Waals surface area contributed by atoms with E-state index in [4.69, 9.17) is 9.47 Å². The molecule has 31 heavy (non-hydrogen) atoms. The average Bonchev–Trinajstić information content (AvgIpc) is 2.82. The van der Waals surface area contributed by atoms with E-state index in [1.165, 1.54) is 20.3 Å². The summed E-state index contributed by atoms with van der Waals surface area (Å²) in [5.74, 6) is -1.47. The molecule has 0 saturated heterocycles. The standard InChI is InChI=1S/C26H25NO4/c1-30-25(28)23(26(29)31-2)17-22-15-9-10-16-24(22)27(18-20-11-5-3-6-12-20)19-21-13-7-4-8-14-21/h3-17H,18-19H2,1-2H3. The summed E-state index contributed by atoms with van der Waals surface area (Å²) in [5.41, 5.74) is 3.76. The van der Waals surface area contributed by atoms with Crippen LogP contribution in [0.1, 0.15) is 16.7 Å². The lowest BCUT2D eigenvalue weighted by Gasteiger charge is -2.27. The van der Waals surface area contributed by atoms with Gasteiger partial charge in [0.1, 0.15) is 5.57 Å². The van der Waals surface area contributed by atoms with Gasteiger partial charge in [0, 0.05) is 18.8 Å². The van der Waals surface area contributed by atoms with Crippen LogP contribution in [0.15, 0.2) is 90.5 Å². The molecule has 0 bridgehead atoms. The summed E-state index contributed by atoms with van der Waals surface area (Å²) < 4.78 is 9.56. The predicted octanol–water partition coefficient (Wildman–Crippen LogP) is 4.62. The maximum Gasteiger partial charge on any atom is 0.345 e. The number of benzene rings is 3. The summed E-state index contributed by atoms with van der Waals surface area (Å²) in [4.78, 5) is 26.6. The average molecular weight is 415 g/mol. The Bertz CT molecular complexity index is 986. The summed E-state index contributed by atoms with van der Waals surface area (Å²) >= 11 is 0. The summed E-state index contributed by atoms with van der Waals surface area (Å²) in [6.45, 7) is 1.32. The van der Waals surface area contributed by atoms with E-state index in [2.05, 4.69) is 29.2 Å². The van der Waals surface area contributed by atoms with Crippen LogP contribution in [-0.4, -0.2) is 26.2 Å². The van der Waals surface area contributed by atoms with Gasteiger partial charge in [0.15, 0.2) is 0 Å². The summed E-state index contributed by atoms with van der Waals surface area (Å²) in [6, 6.07) is 27.9. The van der Waals surface area contributed by atoms with Gasteiger partial charge in [-0.3, -0.25) is 0 Å². The number of anilines is 1. The molecule has 0 aliphatic carbocycles. The molecule has 5 nitrogen and oxygen atoms in total. The molecule has 5 heteroatoms. The molecule has 0 amide bonds. The molecule has 0 heterocycles. The van der Waals surface area contributed by atoms with Gasteiger partial charge >= 0.3 is 11.9 Å². The maximum atomic E-state index is 12.2. The van der Waals surface area contributed by atoms with Crippen molar-refractivity contribution < 1.29 is 19.1 Å². The fourth-order valence-electron chi connectivity index (χ4n) is 3.31. The van der Waals surface area contributed by atoms with Crippen molar-refractivity contribution in [1.29, 1.82) is 0 Å². The van der Waals surface area contributed by atoms with E-state index in [1.54, 1.807) is 0 Å². The number of ether oxygens (including phenoxy) is 2. The second-order valence-electron chi connectivity index (χ2n) is 6.93. The number of hydrogen-bond donors (Lipinski definition) is 0. The molecular formula is C26H25NO4. The van der Waals surface area contributed by atoms with Crippen LogP contribution in [0, 0.1) is 0 Å². The highest BCUT2D eigenvalue weighted by molar-refractivity contribution is 6.18. The summed E-state index contributed by atoms with van der Waals surface area (Å²) in [7, 11) is 2.48. The molecule has 3 rings (SSSR count). The molecule has 158 valence electrons. The van der Waals surface area contributed by atoms with Crippen molar-refractivity contribution in [1.82, 2.24) is 0 Å². The quantitative estimate of drug-likeness (QED) is 0.233. The zero-order chi connectivity index (χ0) is 22.1. The van der Waals surface area contributed by atoms with Gasteiger partial charge in [-0.15, -0.1) is 0 Å². The third kappa shape index (κ3) is 5.82. The molecule has 0 aliphatic heterocycles. The number of methoxy groups -OCH3 is 2. The molecule has 0 N–H and O–H groups in total. The van der Waals surface area contributed by atoms with E-state index in [9.17, 15) is 9.59 Å². The fraction of sp³-hybridized carbons (Fsp3) is 0.154. The first-order valence-electron chi connectivity index (χ1n) is 9.92. The van der Waals surface area contributed by atoms with Crippen molar-refractivity contribution >= 4 is 23.7 Å². The first-order chi connectivity index (χ1) is 15.1. The smallest absolute Gasteiger partial charge is 0.345 e. The van der Waals surface area contributed by atoms with E-state index in [0.29, 0.717) is 13.1 Å². The monoisotopic (exact) mass is 415 g/mol. The first-order valence-corrected chi connectivity index (χ1v) is 9.92. The Labute approximate surface area is 182 Å². The Kier molecular flexibility index (Phi) is 7.60. The third-order valence-corrected chi connectivity index (χ3v) is 4.82. The Balaban J connectivity index is 2.05. The fourth-order valence-corrected chi connectivity index (χ4v) is 3.31. The van der Waals surface area contributed by atoms with Gasteiger partial charge in [-0.1, -0.05) is 78.9 Å². The SMILES string of the molecule is COC(=O)C(=Cc1ccccc1N(Cc1ccccc1)Cc1ccccc1)C(=O)OC. The van der Waals surface area contributed by atoms with Gasteiger partial charge < -0.3 is 14.4 Å². The van der Waals surface area contributed by atoms with Gasteiger partial charge in [0.25, 0.3) is 0 Å². The van der Waals surface area contributed by atoms with Gasteiger partial charge in [0.05, 0.1) is 14.2 Å². The Hall–Kier alpha value is -3.86. The van der Waals surface area contributed by atoms with E-state index in [1.807, 2.05) is 60.7 Å². The molecule has 0 aliphatic rings. The van der Waals surface area contributed by atoms with E-state index < -0.39 is 11.9 Å². The Morgan fingerprint density at radius 2 is 1.16 bits per heavy atom. The molecule has 0 aromatic heterocycles.